The molecule has 0 unspecified atom stereocenters. The van der Waals surface area contributed by atoms with E-state index < -0.39 is 0 Å². The molecule has 0 bridgehead atoms. The molecule has 3 aromatic heterocycles. The monoisotopic (exact) mass is 503 g/mol. The Morgan fingerprint density at radius 1 is 1.05 bits per heavy atom. The zero-order valence-corrected chi connectivity index (χ0v) is 21.3. The van der Waals surface area contributed by atoms with Crippen LogP contribution >= 0.6 is 0 Å². The number of nitrogens with one attached hydrogen (secondary N) is 4. The van der Waals surface area contributed by atoms with E-state index in [9.17, 15) is 4.79 Å². The lowest BCUT2D eigenvalue weighted by Gasteiger charge is -2.32. The van der Waals surface area contributed by atoms with E-state index in [2.05, 4.69) is 37.1 Å². The van der Waals surface area contributed by atoms with E-state index in [-0.39, 0.29) is 18.0 Å². The molecular formula is C27H37N9O. The fraction of sp³-hybridized carbons (Fsp3) is 0.630. The van der Waals surface area contributed by atoms with Gasteiger partial charge >= 0.3 is 0 Å². The molecule has 4 heterocycles. The van der Waals surface area contributed by atoms with Gasteiger partial charge in [0.1, 0.15) is 11.6 Å². The minimum atomic E-state index is -0.238. The van der Waals surface area contributed by atoms with Crippen molar-refractivity contribution >= 4 is 29.0 Å². The molecule has 0 radical (unpaired) electrons. The largest absolute Gasteiger partial charge is 0.352 e. The average molecular weight is 504 g/mol. The molecule has 3 aliphatic carbocycles. The lowest BCUT2D eigenvalue weighted by molar-refractivity contribution is -0.123. The summed E-state index contributed by atoms with van der Waals surface area (Å²) in [4.78, 5) is 20.4. The van der Waals surface area contributed by atoms with Gasteiger partial charge in [-0.1, -0.05) is 0 Å². The summed E-state index contributed by atoms with van der Waals surface area (Å²) < 4.78 is 1.84. The fourth-order valence-corrected chi connectivity index (χ4v) is 5.94. The number of fused-ring (bicyclic) bond motifs is 1. The van der Waals surface area contributed by atoms with Crippen molar-refractivity contribution in [3.63, 3.8) is 0 Å². The van der Waals surface area contributed by atoms with Gasteiger partial charge in [-0.3, -0.25) is 9.89 Å². The zero-order valence-electron chi connectivity index (χ0n) is 21.3. The van der Waals surface area contributed by atoms with Crippen molar-refractivity contribution in [1.29, 1.82) is 0 Å². The molecule has 10 nitrogen and oxygen atoms in total. The number of H-pyrrole nitrogens is 1. The van der Waals surface area contributed by atoms with Crippen molar-refractivity contribution in [2.75, 3.05) is 23.3 Å². The maximum atomic E-state index is 13.4. The first kappa shape index (κ1) is 23.0. The second-order valence-electron chi connectivity index (χ2n) is 11.5. The van der Waals surface area contributed by atoms with Crippen LogP contribution in [0.15, 0.2) is 24.4 Å². The Balaban J connectivity index is 1.03. The topological polar surface area (TPSA) is 115 Å². The Hall–Kier alpha value is -3.14. The molecule has 1 amide bonds. The third-order valence-corrected chi connectivity index (χ3v) is 8.52. The van der Waals surface area contributed by atoms with Gasteiger partial charge in [-0.15, -0.1) is 5.10 Å². The number of anilines is 3. The van der Waals surface area contributed by atoms with Gasteiger partial charge in [0.25, 0.3) is 0 Å². The number of aromatic nitrogens is 5. The van der Waals surface area contributed by atoms with Crippen molar-refractivity contribution in [2.45, 2.75) is 88.3 Å². The van der Waals surface area contributed by atoms with Crippen LogP contribution in [-0.4, -0.2) is 61.9 Å². The third kappa shape index (κ3) is 5.03. The molecule has 4 fully saturated rings. The summed E-state index contributed by atoms with van der Waals surface area (Å²) in [6.07, 6.45) is 13.3. The van der Waals surface area contributed by atoms with Crippen LogP contribution in [0.25, 0.3) is 5.52 Å². The van der Waals surface area contributed by atoms with Gasteiger partial charge in [-0.25, -0.2) is 4.52 Å². The Bertz CT molecular complexity index is 1250. The molecule has 1 atom stereocenters. The maximum absolute atomic E-state index is 13.4. The molecule has 196 valence electrons. The smallest absolute Gasteiger partial charge is 0.246 e. The molecule has 0 aromatic carbocycles. The quantitative estimate of drug-likeness (QED) is 0.353. The number of nitrogens with zero attached hydrogens (tertiary/aromatic N) is 5. The van der Waals surface area contributed by atoms with E-state index in [4.69, 9.17) is 10.1 Å². The molecule has 4 N–H and O–H groups in total. The van der Waals surface area contributed by atoms with E-state index in [1.54, 1.807) is 0 Å². The van der Waals surface area contributed by atoms with Crippen LogP contribution in [0.5, 0.6) is 0 Å². The second kappa shape index (κ2) is 9.63. The van der Waals surface area contributed by atoms with Crippen LogP contribution in [0.2, 0.25) is 0 Å². The third-order valence-electron chi connectivity index (χ3n) is 8.52. The Kier molecular flexibility index (Phi) is 5.99. The highest BCUT2D eigenvalue weighted by Gasteiger charge is 2.35. The Morgan fingerprint density at radius 2 is 1.89 bits per heavy atom. The van der Waals surface area contributed by atoms with E-state index >= 15 is 0 Å². The molecule has 3 saturated carbocycles. The standard InChI is InChI=1S/C27H37N9O/c37-26(29-20-11-9-19(10-12-20)28-16-17-5-6-17)23-4-1-13-35(23)27-31-25(22-3-2-14-36(22)34-27)30-24-15-21(32-33-24)18-7-8-18/h2-3,14-15,17-20,23,28H,1,4-13,16H2,(H,29,37)(H2,30,31,32,33,34)/t19?,20?,23-/m0/s1. The Morgan fingerprint density at radius 3 is 2.70 bits per heavy atom. The number of carbonyl (C=O) groups excluding carboxylic acids is 1. The molecule has 1 aliphatic heterocycles. The van der Waals surface area contributed by atoms with Gasteiger partial charge in [0.15, 0.2) is 11.6 Å². The number of aromatic amines is 1. The highest BCUT2D eigenvalue weighted by Crippen LogP contribution is 2.40. The van der Waals surface area contributed by atoms with Crippen molar-refractivity contribution < 1.29 is 4.79 Å². The summed E-state index contributed by atoms with van der Waals surface area (Å²) in [6, 6.07) is 6.66. The van der Waals surface area contributed by atoms with Crippen LogP contribution in [0.1, 0.15) is 75.8 Å². The van der Waals surface area contributed by atoms with Crippen molar-refractivity contribution in [3.05, 3.63) is 30.1 Å². The van der Waals surface area contributed by atoms with Gasteiger partial charge in [0, 0.05) is 42.5 Å². The number of hydrogen-bond donors (Lipinski definition) is 4. The van der Waals surface area contributed by atoms with Gasteiger partial charge in [-0.2, -0.15) is 10.1 Å². The lowest BCUT2D eigenvalue weighted by Crippen LogP contribution is -2.49. The molecule has 4 aliphatic rings. The number of rotatable bonds is 9. The predicted octanol–water partition coefficient (Wildman–Crippen LogP) is 3.47. The lowest BCUT2D eigenvalue weighted by atomic mass is 9.91. The van der Waals surface area contributed by atoms with Gasteiger partial charge in [0.2, 0.25) is 11.9 Å². The van der Waals surface area contributed by atoms with Crippen LogP contribution in [0.4, 0.5) is 17.6 Å². The van der Waals surface area contributed by atoms with Crippen molar-refractivity contribution in [1.82, 2.24) is 35.4 Å². The molecule has 0 spiro atoms. The molecule has 1 saturated heterocycles. The van der Waals surface area contributed by atoms with Crippen LogP contribution < -0.4 is 20.9 Å². The minimum absolute atomic E-state index is 0.110. The summed E-state index contributed by atoms with van der Waals surface area (Å²) in [5, 5.41) is 22.8. The summed E-state index contributed by atoms with van der Waals surface area (Å²) in [5.41, 5.74) is 2.05. The summed E-state index contributed by atoms with van der Waals surface area (Å²) in [7, 11) is 0. The zero-order chi connectivity index (χ0) is 24.8. The van der Waals surface area contributed by atoms with Crippen LogP contribution in [0, 0.1) is 5.92 Å². The predicted molar refractivity (Wildman–Crippen MR) is 142 cm³/mol. The first-order valence-corrected chi connectivity index (χ1v) is 14.2. The first-order chi connectivity index (χ1) is 18.2. The maximum Gasteiger partial charge on any atom is 0.246 e. The molecule has 10 heteroatoms. The van der Waals surface area contributed by atoms with Crippen LogP contribution in [-0.2, 0) is 4.79 Å². The number of carbonyl (C=O) groups is 1. The van der Waals surface area contributed by atoms with E-state index in [1.807, 2.05) is 22.8 Å². The second-order valence-corrected chi connectivity index (χ2v) is 11.5. The number of hydrogen-bond acceptors (Lipinski definition) is 7. The molecule has 3 aromatic rings. The summed E-state index contributed by atoms with van der Waals surface area (Å²) in [6.45, 7) is 1.94. The van der Waals surface area contributed by atoms with Crippen LogP contribution in [0.3, 0.4) is 0 Å². The summed E-state index contributed by atoms with van der Waals surface area (Å²) in [5.74, 6) is 3.66. The molecule has 37 heavy (non-hydrogen) atoms. The Labute approximate surface area is 217 Å². The molecule has 7 rings (SSSR count). The van der Waals surface area contributed by atoms with Gasteiger partial charge in [0.05, 0.1) is 0 Å². The number of amides is 1. The van der Waals surface area contributed by atoms with E-state index in [1.165, 1.54) is 37.9 Å². The first-order valence-electron chi connectivity index (χ1n) is 14.2. The summed E-state index contributed by atoms with van der Waals surface area (Å²) >= 11 is 0. The van der Waals surface area contributed by atoms with Gasteiger partial charge in [-0.05, 0) is 88.8 Å². The van der Waals surface area contributed by atoms with Gasteiger partial charge < -0.3 is 20.9 Å². The highest BCUT2D eigenvalue weighted by molar-refractivity contribution is 5.86. The normalized spacial score (nSPS) is 26.1. The average Bonchev–Trinajstić information content (AvgIpc) is 3.76. The minimum Gasteiger partial charge on any atom is -0.352 e. The SMILES string of the molecule is O=C(NC1CCC(NCC2CC2)CC1)[C@@H]1CCCN1c1nc(Nc2cc(C3CC3)[nH]n2)c2cccn2n1. The van der Waals surface area contributed by atoms with E-state index in [0.29, 0.717) is 23.7 Å². The van der Waals surface area contributed by atoms with Crippen molar-refractivity contribution in [2.24, 2.45) is 5.92 Å². The van der Waals surface area contributed by atoms with E-state index in [0.717, 1.165) is 62.3 Å². The highest BCUT2D eigenvalue weighted by atomic mass is 16.2. The fourth-order valence-electron chi connectivity index (χ4n) is 5.94. The molecular weight excluding hydrogens is 466 g/mol. The van der Waals surface area contributed by atoms with Crippen molar-refractivity contribution in [3.8, 4) is 0 Å².